The van der Waals surface area contributed by atoms with Crippen LogP contribution in [0.4, 0.5) is 4.39 Å². The number of hydrogen-bond acceptors (Lipinski definition) is 3. The van der Waals surface area contributed by atoms with Crippen LogP contribution in [-0.4, -0.2) is 35.4 Å². The van der Waals surface area contributed by atoms with Crippen LogP contribution < -0.4 is 10.1 Å². The molecule has 0 aliphatic carbocycles. The van der Waals surface area contributed by atoms with Crippen molar-refractivity contribution in [3.8, 4) is 5.75 Å². The third kappa shape index (κ3) is 7.94. The number of benzene rings is 3. The van der Waals surface area contributed by atoms with Gasteiger partial charge in [0.05, 0.1) is 0 Å². The summed E-state index contributed by atoms with van der Waals surface area (Å²) in [4.78, 5) is 28.4. The highest BCUT2D eigenvalue weighted by Crippen LogP contribution is 2.20. The van der Waals surface area contributed by atoms with Crippen LogP contribution in [0.3, 0.4) is 0 Å². The summed E-state index contributed by atoms with van der Waals surface area (Å²) < 4.78 is 19.3. The fourth-order valence-corrected chi connectivity index (χ4v) is 3.90. The third-order valence-electron chi connectivity index (χ3n) is 5.88. The van der Waals surface area contributed by atoms with E-state index in [1.54, 1.807) is 12.1 Å². The van der Waals surface area contributed by atoms with Gasteiger partial charge >= 0.3 is 0 Å². The van der Waals surface area contributed by atoms with Crippen LogP contribution >= 0.6 is 0 Å². The molecule has 3 aromatic rings. The second kappa shape index (κ2) is 12.9. The summed E-state index contributed by atoms with van der Waals surface area (Å²) in [7, 11) is 0. The van der Waals surface area contributed by atoms with Gasteiger partial charge in [-0.3, -0.25) is 9.59 Å². The number of amides is 2. The summed E-state index contributed by atoms with van der Waals surface area (Å²) >= 11 is 0. The normalized spacial score (nSPS) is 11.9. The number of rotatable bonds is 11. The highest BCUT2D eigenvalue weighted by atomic mass is 19.1. The fourth-order valence-electron chi connectivity index (χ4n) is 3.90. The van der Waals surface area contributed by atoms with Crippen LogP contribution in [0.5, 0.6) is 5.75 Å². The fraction of sp³-hybridized carbons (Fsp3) is 0.333. The minimum atomic E-state index is -0.765. The van der Waals surface area contributed by atoms with Crippen LogP contribution in [0.25, 0.3) is 0 Å². The monoisotopic (exact) mass is 490 g/mol. The maximum Gasteiger partial charge on any atom is 0.261 e. The van der Waals surface area contributed by atoms with Gasteiger partial charge in [0.15, 0.2) is 6.61 Å². The van der Waals surface area contributed by atoms with E-state index in [2.05, 4.69) is 19.2 Å². The molecule has 0 unspecified atom stereocenters. The smallest absolute Gasteiger partial charge is 0.261 e. The summed E-state index contributed by atoms with van der Waals surface area (Å²) in [5, 5.41) is 2.95. The summed E-state index contributed by atoms with van der Waals surface area (Å²) in [5.74, 6) is 0.0479. The van der Waals surface area contributed by atoms with Crippen LogP contribution in [-0.2, 0) is 22.6 Å². The van der Waals surface area contributed by atoms with E-state index in [1.807, 2.05) is 68.4 Å². The lowest BCUT2D eigenvalue weighted by Gasteiger charge is -2.32. The molecule has 6 heteroatoms. The number of carbonyl (C=O) groups excluding carboxylic acids is 2. The number of nitrogens with zero attached hydrogens (tertiary/aromatic N) is 1. The molecule has 0 fully saturated rings. The number of carbonyl (C=O) groups is 2. The Labute approximate surface area is 213 Å². The van der Waals surface area contributed by atoms with Gasteiger partial charge in [-0.2, -0.15) is 0 Å². The first-order valence-electron chi connectivity index (χ1n) is 12.3. The van der Waals surface area contributed by atoms with Gasteiger partial charge < -0.3 is 15.0 Å². The molecule has 0 bridgehead atoms. The molecule has 3 rings (SSSR count). The van der Waals surface area contributed by atoms with Gasteiger partial charge in [-0.05, 0) is 60.7 Å². The Hall–Kier alpha value is -3.67. The quantitative estimate of drug-likeness (QED) is 0.387. The molecule has 2 amide bonds. The SMILES string of the molecule is CC(C)NC(=O)[C@@H](Cc1ccccc1)N(Cc1ccc(F)cc1)C(=O)COc1ccc(C(C)C)cc1. The van der Waals surface area contributed by atoms with Crippen molar-refractivity contribution < 1.29 is 18.7 Å². The molecule has 0 aliphatic rings. The van der Waals surface area contributed by atoms with Crippen molar-refractivity contribution in [2.45, 2.75) is 58.7 Å². The Morgan fingerprint density at radius 3 is 2.08 bits per heavy atom. The Morgan fingerprint density at radius 2 is 1.50 bits per heavy atom. The first-order chi connectivity index (χ1) is 17.2. The highest BCUT2D eigenvalue weighted by Gasteiger charge is 2.31. The van der Waals surface area contributed by atoms with E-state index < -0.39 is 6.04 Å². The molecule has 0 saturated carbocycles. The van der Waals surface area contributed by atoms with Crippen molar-refractivity contribution in [3.63, 3.8) is 0 Å². The molecule has 5 nitrogen and oxygen atoms in total. The van der Waals surface area contributed by atoms with Gasteiger partial charge in [0, 0.05) is 19.0 Å². The van der Waals surface area contributed by atoms with E-state index in [1.165, 1.54) is 22.6 Å². The summed E-state index contributed by atoms with van der Waals surface area (Å²) in [5.41, 5.74) is 2.84. The van der Waals surface area contributed by atoms with Crippen molar-refractivity contribution in [1.29, 1.82) is 0 Å². The molecule has 0 radical (unpaired) electrons. The molecular formula is C30H35FN2O3. The zero-order valence-electron chi connectivity index (χ0n) is 21.4. The maximum absolute atomic E-state index is 13.5. The lowest BCUT2D eigenvalue weighted by molar-refractivity contribution is -0.143. The Balaban J connectivity index is 1.87. The second-order valence-electron chi connectivity index (χ2n) is 9.53. The van der Waals surface area contributed by atoms with Crippen LogP contribution in [0, 0.1) is 5.82 Å². The number of nitrogens with one attached hydrogen (secondary N) is 1. The molecule has 36 heavy (non-hydrogen) atoms. The predicted molar refractivity (Wildman–Crippen MR) is 140 cm³/mol. The van der Waals surface area contributed by atoms with E-state index >= 15 is 0 Å². The van der Waals surface area contributed by atoms with Gasteiger partial charge in [0.2, 0.25) is 5.91 Å². The first kappa shape index (κ1) is 26.9. The summed E-state index contributed by atoms with van der Waals surface area (Å²) in [6.45, 7) is 7.92. The zero-order valence-corrected chi connectivity index (χ0v) is 21.4. The van der Waals surface area contributed by atoms with Crippen molar-refractivity contribution in [3.05, 3.63) is 101 Å². The van der Waals surface area contributed by atoms with Gasteiger partial charge in [-0.15, -0.1) is 0 Å². The molecule has 0 spiro atoms. The molecule has 3 aromatic carbocycles. The van der Waals surface area contributed by atoms with Crippen LogP contribution in [0.2, 0.25) is 0 Å². The van der Waals surface area contributed by atoms with E-state index in [0.29, 0.717) is 18.1 Å². The minimum Gasteiger partial charge on any atom is -0.484 e. The molecule has 0 saturated heterocycles. The van der Waals surface area contributed by atoms with Crippen molar-refractivity contribution in [2.24, 2.45) is 0 Å². The molecular weight excluding hydrogens is 455 g/mol. The van der Waals surface area contributed by atoms with E-state index in [9.17, 15) is 14.0 Å². The largest absolute Gasteiger partial charge is 0.484 e. The highest BCUT2D eigenvalue weighted by molar-refractivity contribution is 5.88. The van der Waals surface area contributed by atoms with Crippen molar-refractivity contribution in [2.75, 3.05) is 6.61 Å². The van der Waals surface area contributed by atoms with E-state index in [0.717, 1.165) is 11.1 Å². The molecule has 0 heterocycles. The second-order valence-corrected chi connectivity index (χ2v) is 9.53. The number of halogens is 1. The Bertz CT molecular complexity index is 1110. The lowest BCUT2D eigenvalue weighted by Crippen LogP contribution is -2.52. The maximum atomic E-state index is 13.5. The van der Waals surface area contributed by atoms with Crippen molar-refractivity contribution in [1.82, 2.24) is 10.2 Å². The van der Waals surface area contributed by atoms with Crippen molar-refractivity contribution >= 4 is 11.8 Å². The van der Waals surface area contributed by atoms with Gasteiger partial charge in [0.25, 0.3) is 5.91 Å². The lowest BCUT2D eigenvalue weighted by atomic mass is 10.0. The minimum absolute atomic E-state index is 0.0886. The summed E-state index contributed by atoms with van der Waals surface area (Å²) in [6.07, 6.45) is 0.343. The first-order valence-corrected chi connectivity index (χ1v) is 12.3. The molecule has 0 aromatic heterocycles. The van der Waals surface area contributed by atoms with E-state index in [-0.39, 0.29) is 36.8 Å². The Kier molecular flexibility index (Phi) is 9.62. The zero-order chi connectivity index (χ0) is 26.1. The summed E-state index contributed by atoms with van der Waals surface area (Å²) in [6, 6.07) is 22.3. The topological polar surface area (TPSA) is 58.6 Å². The number of hydrogen-bond donors (Lipinski definition) is 1. The molecule has 0 aliphatic heterocycles. The Morgan fingerprint density at radius 1 is 0.861 bits per heavy atom. The van der Waals surface area contributed by atoms with Gasteiger partial charge in [-0.1, -0.05) is 68.4 Å². The average Bonchev–Trinajstić information content (AvgIpc) is 2.86. The standard InChI is InChI=1S/C30H35FN2O3/c1-21(2)25-12-16-27(17-13-25)36-20-29(34)33(19-24-10-14-26(31)15-11-24)28(30(35)32-22(3)4)18-23-8-6-5-7-9-23/h5-17,21-22,28H,18-20H2,1-4H3,(H,32,35)/t28-/m1/s1. The molecule has 190 valence electrons. The third-order valence-corrected chi connectivity index (χ3v) is 5.88. The molecule has 1 N–H and O–H groups in total. The van der Waals surface area contributed by atoms with Crippen LogP contribution in [0.1, 0.15) is 50.3 Å². The van der Waals surface area contributed by atoms with Gasteiger partial charge in [0.1, 0.15) is 17.6 Å². The van der Waals surface area contributed by atoms with Crippen LogP contribution in [0.15, 0.2) is 78.9 Å². The van der Waals surface area contributed by atoms with E-state index in [4.69, 9.17) is 4.74 Å². The number of ether oxygens (including phenoxy) is 1. The van der Waals surface area contributed by atoms with Gasteiger partial charge in [-0.25, -0.2) is 4.39 Å². The average molecular weight is 491 g/mol. The molecule has 1 atom stereocenters. The predicted octanol–water partition coefficient (Wildman–Crippen LogP) is 5.49.